The summed E-state index contributed by atoms with van der Waals surface area (Å²) in [5, 5.41) is 4.27. The molecule has 22 heavy (non-hydrogen) atoms. The molecule has 0 radical (unpaired) electrons. The lowest BCUT2D eigenvalue weighted by Crippen LogP contribution is -2.49. The van der Waals surface area contributed by atoms with Crippen LogP contribution in [0.5, 0.6) is 0 Å². The van der Waals surface area contributed by atoms with Crippen molar-refractivity contribution < 1.29 is 4.79 Å². The average Bonchev–Trinajstić information content (AvgIpc) is 2.84. The van der Waals surface area contributed by atoms with Gasteiger partial charge in [0.05, 0.1) is 4.60 Å². The normalized spacial score (nSPS) is 27.6. The summed E-state index contributed by atoms with van der Waals surface area (Å²) in [6.07, 6.45) is 3.05. The summed E-state index contributed by atoms with van der Waals surface area (Å²) in [6, 6.07) is 7.15. The minimum Gasteiger partial charge on any atom is -0.358 e. The van der Waals surface area contributed by atoms with E-state index >= 15 is 0 Å². The summed E-state index contributed by atoms with van der Waals surface area (Å²) in [5.74, 6) is 1.08. The minimum atomic E-state index is 0.524. The minimum absolute atomic E-state index is 0.524. The fourth-order valence-corrected chi connectivity index (χ4v) is 5.03. The third-order valence-corrected chi connectivity index (χ3v) is 6.05. The maximum atomic E-state index is 10.6. The predicted octanol–water partition coefficient (Wildman–Crippen LogP) is 2.64. The van der Waals surface area contributed by atoms with Crippen molar-refractivity contribution in [3.05, 3.63) is 33.9 Å². The van der Waals surface area contributed by atoms with Crippen LogP contribution >= 0.6 is 15.9 Å². The number of benzene rings is 1. The number of fused-ring (bicyclic) bond motifs is 2. The number of amides is 1. The zero-order valence-corrected chi connectivity index (χ0v) is 14.2. The van der Waals surface area contributed by atoms with Crippen LogP contribution in [-0.4, -0.2) is 42.5 Å². The van der Waals surface area contributed by atoms with Gasteiger partial charge in [-0.05, 0) is 58.9 Å². The van der Waals surface area contributed by atoms with Crippen LogP contribution in [0.2, 0.25) is 0 Å². The molecule has 1 amide bonds. The highest BCUT2D eigenvalue weighted by Gasteiger charge is 2.39. The zero-order valence-electron chi connectivity index (χ0n) is 12.6. The Hall–Kier alpha value is -1.33. The number of likely N-dealkylation sites (tertiary alicyclic amines) is 1. The van der Waals surface area contributed by atoms with E-state index in [1.165, 1.54) is 22.0 Å². The molecule has 1 aliphatic carbocycles. The number of carbonyl (C=O) groups is 1. The Balaban J connectivity index is 1.76. The summed E-state index contributed by atoms with van der Waals surface area (Å²) in [6.45, 7) is 1.83. The van der Waals surface area contributed by atoms with E-state index in [2.05, 4.69) is 56.4 Å². The van der Waals surface area contributed by atoms with Gasteiger partial charge in [0.2, 0.25) is 6.41 Å². The summed E-state index contributed by atoms with van der Waals surface area (Å²) in [7, 11) is 2.22. The van der Waals surface area contributed by atoms with Gasteiger partial charge in [0.25, 0.3) is 0 Å². The molecule has 3 atom stereocenters. The van der Waals surface area contributed by atoms with E-state index in [0.717, 1.165) is 36.9 Å². The average molecular weight is 362 g/mol. The molecular weight excluding hydrogens is 342 g/mol. The molecule has 2 aromatic rings. The number of piperidine rings is 1. The SMILES string of the molecule is CN1CC(CNC=O)CC2c3cccc4[nH]c(Br)c(c34)C[C@H]21. The molecular formula is C17H20BrN3O. The Bertz CT molecular complexity index is 726. The second-order valence-corrected chi connectivity index (χ2v) is 7.43. The highest BCUT2D eigenvalue weighted by atomic mass is 79.9. The molecule has 5 heteroatoms. The number of carbonyl (C=O) groups excluding carboxylic acids is 1. The molecule has 2 N–H and O–H groups in total. The van der Waals surface area contributed by atoms with Gasteiger partial charge < -0.3 is 15.2 Å². The molecule has 1 aromatic heterocycles. The van der Waals surface area contributed by atoms with Gasteiger partial charge in [0.1, 0.15) is 0 Å². The van der Waals surface area contributed by atoms with E-state index in [4.69, 9.17) is 0 Å². The summed E-state index contributed by atoms with van der Waals surface area (Å²) in [5.41, 5.74) is 4.12. The summed E-state index contributed by atoms with van der Waals surface area (Å²) >= 11 is 3.70. The molecule has 2 aliphatic rings. The fourth-order valence-electron chi connectivity index (χ4n) is 4.46. The Labute approximate surface area is 138 Å². The number of aromatic amines is 1. The van der Waals surface area contributed by atoms with E-state index in [1.807, 2.05) is 0 Å². The molecule has 2 unspecified atom stereocenters. The maximum absolute atomic E-state index is 10.6. The lowest BCUT2D eigenvalue weighted by Gasteiger charge is -2.45. The molecule has 0 spiro atoms. The standard InChI is InChI=1S/C17H20BrN3O/c1-21-8-10(7-19-9-22)5-12-11-3-2-4-14-16(11)13(6-15(12)21)17(18)20-14/h2-4,9-10,12,15,20H,5-8H2,1H3,(H,19,22)/t10?,12?,15-/m1/s1. The predicted molar refractivity (Wildman–Crippen MR) is 91.0 cm³/mol. The van der Waals surface area contributed by atoms with Crippen LogP contribution in [-0.2, 0) is 11.2 Å². The van der Waals surface area contributed by atoms with Gasteiger partial charge in [-0.1, -0.05) is 12.1 Å². The van der Waals surface area contributed by atoms with Crippen LogP contribution in [0.4, 0.5) is 0 Å². The zero-order chi connectivity index (χ0) is 15.3. The molecule has 1 fully saturated rings. The Kier molecular flexibility index (Phi) is 3.50. The van der Waals surface area contributed by atoms with E-state index in [-0.39, 0.29) is 0 Å². The number of hydrogen-bond donors (Lipinski definition) is 2. The van der Waals surface area contributed by atoms with Gasteiger partial charge in [-0.3, -0.25) is 4.79 Å². The van der Waals surface area contributed by atoms with Crippen molar-refractivity contribution in [1.82, 2.24) is 15.2 Å². The Morgan fingerprint density at radius 3 is 3.18 bits per heavy atom. The molecule has 116 valence electrons. The third kappa shape index (κ3) is 2.10. The monoisotopic (exact) mass is 361 g/mol. The molecule has 1 saturated heterocycles. The largest absolute Gasteiger partial charge is 0.358 e. The van der Waals surface area contributed by atoms with Gasteiger partial charge in [-0.2, -0.15) is 0 Å². The highest BCUT2D eigenvalue weighted by Crippen LogP contribution is 2.46. The number of nitrogens with one attached hydrogen (secondary N) is 2. The molecule has 0 bridgehead atoms. The van der Waals surface area contributed by atoms with Crippen molar-refractivity contribution in [1.29, 1.82) is 0 Å². The number of rotatable bonds is 3. The Morgan fingerprint density at radius 1 is 1.50 bits per heavy atom. The lowest BCUT2D eigenvalue weighted by molar-refractivity contribution is -0.109. The topological polar surface area (TPSA) is 48.1 Å². The van der Waals surface area contributed by atoms with Crippen molar-refractivity contribution in [3.8, 4) is 0 Å². The van der Waals surface area contributed by atoms with Gasteiger partial charge in [-0.15, -0.1) is 0 Å². The summed E-state index contributed by atoms with van der Waals surface area (Å²) < 4.78 is 1.13. The van der Waals surface area contributed by atoms with Crippen LogP contribution in [0.25, 0.3) is 10.9 Å². The van der Waals surface area contributed by atoms with Crippen LogP contribution < -0.4 is 5.32 Å². The first-order chi connectivity index (χ1) is 10.7. The second-order valence-electron chi connectivity index (χ2n) is 6.63. The molecule has 4 rings (SSSR count). The number of likely N-dealkylation sites (N-methyl/N-ethyl adjacent to an activating group) is 1. The van der Waals surface area contributed by atoms with Gasteiger partial charge >= 0.3 is 0 Å². The summed E-state index contributed by atoms with van der Waals surface area (Å²) in [4.78, 5) is 16.5. The number of aromatic nitrogens is 1. The third-order valence-electron chi connectivity index (χ3n) is 5.37. The van der Waals surface area contributed by atoms with Crippen molar-refractivity contribution >= 4 is 33.2 Å². The first-order valence-corrected chi connectivity index (χ1v) is 8.64. The van der Waals surface area contributed by atoms with Gasteiger partial charge in [-0.25, -0.2) is 0 Å². The number of halogens is 1. The van der Waals surface area contributed by atoms with E-state index in [1.54, 1.807) is 0 Å². The van der Waals surface area contributed by atoms with Gasteiger partial charge in [0, 0.05) is 36.0 Å². The van der Waals surface area contributed by atoms with Crippen LogP contribution in [0.1, 0.15) is 23.5 Å². The quantitative estimate of drug-likeness (QED) is 0.825. The van der Waals surface area contributed by atoms with Crippen molar-refractivity contribution in [2.75, 3.05) is 20.1 Å². The number of H-pyrrole nitrogens is 1. The molecule has 1 aromatic carbocycles. The first kappa shape index (κ1) is 14.3. The smallest absolute Gasteiger partial charge is 0.207 e. The molecule has 0 saturated carbocycles. The number of hydrogen-bond acceptors (Lipinski definition) is 2. The number of nitrogens with zero attached hydrogens (tertiary/aromatic N) is 1. The van der Waals surface area contributed by atoms with Crippen LogP contribution in [0.3, 0.4) is 0 Å². The van der Waals surface area contributed by atoms with Crippen LogP contribution in [0.15, 0.2) is 22.8 Å². The highest BCUT2D eigenvalue weighted by molar-refractivity contribution is 9.10. The molecule has 4 nitrogen and oxygen atoms in total. The first-order valence-electron chi connectivity index (χ1n) is 7.85. The van der Waals surface area contributed by atoms with Crippen molar-refractivity contribution in [2.24, 2.45) is 5.92 Å². The molecule has 1 aliphatic heterocycles. The maximum Gasteiger partial charge on any atom is 0.207 e. The fraction of sp³-hybridized carbons (Fsp3) is 0.471. The van der Waals surface area contributed by atoms with Crippen molar-refractivity contribution in [2.45, 2.75) is 24.8 Å². The van der Waals surface area contributed by atoms with Crippen molar-refractivity contribution in [3.63, 3.8) is 0 Å². The Morgan fingerprint density at radius 2 is 2.36 bits per heavy atom. The van der Waals surface area contributed by atoms with E-state index < -0.39 is 0 Å². The van der Waals surface area contributed by atoms with E-state index in [9.17, 15) is 4.79 Å². The van der Waals surface area contributed by atoms with Gasteiger partial charge in [0.15, 0.2) is 0 Å². The van der Waals surface area contributed by atoms with Crippen LogP contribution in [0, 0.1) is 5.92 Å². The van der Waals surface area contributed by atoms with E-state index in [0.29, 0.717) is 17.9 Å². The second kappa shape index (κ2) is 5.39. The lowest BCUT2D eigenvalue weighted by atomic mass is 9.72. The molecule has 2 heterocycles.